The summed E-state index contributed by atoms with van der Waals surface area (Å²) in [6.45, 7) is 3.84. The highest BCUT2D eigenvalue weighted by molar-refractivity contribution is 5.27. The van der Waals surface area contributed by atoms with Gasteiger partial charge in [-0.25, -0.2) is 0 Å². The molecule has 21 heavy (non-hydrogen) atoms. The molecule has 1 atom stereocenters. The maximum atomic E-state index is 9.64. The third-order valence-electron chi connectivity index (χ3n) is 4.15. The monoisotopic (exact) mass is 286 g/mol. The second-order valence-corrected chi connectivity index (χ2v) is 5.87. The van der Waals surface area contributed by atoms with Gasteiger partial charge in [-0.05, 0) is 44.0 Å². The van der Waals surface area contributed by atoms with E-state index in [0.717, 1.165) is 36.5 Å². The summed E-state index contributed by atoms with van der Waals surface area (Å²) in [5.41, 5.74) is 2.18. The Labute approximate surface area is 125 Å². The fourth-order valence-electron chi connectivity index (χ4n) is 3.12. The number of likely N-dealkylation sites (tertiary alicyclic amines) is 1. The van der Waals surface area contributed by atoms with Gasteiger partial charge in [-0.1, -0.05) is 30.1 Å². The summed E-state index contributed by atoms with van der Waals surface area (Å²) in [4.78, 5) is 2.46. The van der Waals surface area contributed by atoms with Crippen LogP contribution < -0.4 is 0 Å². The number of phenols is 1. The molecular weight excluding hydrogens is 264 g/mol. The van der Waals surface area contributed by atoms with Crippen molar-refractivity contribution in [2.24, 2.45) is 0 Å². The second kappa shape index (κ2) is 6.31. The molecule has 1 unspecified atom stereocenters. The van der Waals surface area contributed by atoms with E-state index in [1.807, 2.05) is 25.1 Å². The first-order valence-corrected chi connectivity index (χ1v) is 7.67. The Morgan fingerprint density at radius 1 is 1.29 bits per heavy atom. The van der Waals surface area contributed by atoms with E-state index >= 15 is 0 Å². The SMILES string of the molecule is Cc1cc(C2CCCCCN2Cc2cccc(O)c2)no1. The molecule has 4 heteroatoms. The molecule has 112 valence electrons. The average Bonchev–Trinajstić information content (AvgIpc) is 2.75. The number of nitrogens with zero attached hydrogens (tertiary/aromatic N) is 2. The zero-order valence-electron chi connectivity index (χ0n) is 12.5. The lowest BCUT2D eigenvalue weighted by Gasteiger charge is -2.28. The van der Waals surface area contributed by atoms with Crippen LogP contribution in [0.1, 0.15) is 48.7 Å². The molecule has 1 fully saturated rings. The minimum absolute atomic E-state index is 0.312. The smallest absolute Gasteiger partial charge is 0.133 e. The minimum atomic E-state index is 0.312. The van der Waals surface area contributed by atoms with E-state index in [9.17, 15) is 5.11 Å². The van der Waals surface area contributed by atoms with E-state index < -0.39 is 0 Å². The lowest BCUT2D eigenvalue weighted by Crippen LogP contribution is -2.28. The van der Waals surface area contributed by atoms with Gasteiger partial charge in [0.25, 0.3) is 0 Å². The van der Waals surface area contributed by atoms with Gasteiger partial charge >= 0.3 is 0 Å². The van der Waals surface area contributed by atoms with Gasteiger partial charge in [0.05, 0.1) is 6.04 Å². The van der Waals surface area contributed by atoms with E-state index in [2.05, 4.69) is 16.1 Å². The summed E-state index contributed by atoms with van der Waals surface area (Å²) in [7, 11) is 0. The van der Waals surface area contributed by atoms with Crippen molar-refractivity contribution in [3.63, 3.8) is 0 Å². The second-order valence-electron chi connectivity index (χ2n) is 5.87. The molecule has 3 rings (SSSR count). The first-order valence-electron chi connectivity index (χ1n) is 7.67. The Hall–Kier alpha value is -1.81. The van der Waals surface area contributed by atoms with Crippen molar-refractivity contribution in [1.29, 1.82) is 0 Å². The Morgan fingerprint density at radius 2 is 2.19 bits per heavy atom. The van der Waals surface area contributed by atoms with Crippen molar-refractivity contribution < 1.29 is 9.63 Å². The van der Waals surface area contributed by atoms with Gasteiger partial charge in [0.2, 0.25) is 0 Å². The van der Waals surface area contributed by atoms with Crippen molar-refractivity contribution >= 4 is 0 Å². The first kappa shape index (κ1) is 14.1. The largest absolute Gasteiger partial charge is 0.508 e. The van der Waals surface area contributed by atoms with Crippen LogP contribution in [-0.2, 0) is 6.54 Å². The molecule has 1 aromatic carbocycles. The van der Waals surface area contributed by atoms with Crippen molar-refractivity contribution in [3.8, 4) is 5.75 Å². The molecule has 0 aliphatic carbocycles. The summed E-state index contributed by atoms with van der Waals surface area (Å²) in [5, 5.41) is 13.9. The third-order valence-corrected chi connectivity index (χ3v) is 4.15. The number of phenolic OH excluding ortho intramolecular Hbond substituents is 1. The van der Waals surface area contributed by atoms with Gasteiger partial charge in [0.15, 0.2) is 0 Å². The first-order chi connectivity index (χ1) is 10.2. The Kier molecular flexibility index (Phi) is 4.25. The van der Waals surface area contributed by atoms with Crippen molar-refractivity contribution in [2.45, 2.75) is 45.2 Å². The average molecular weight is 286 g/mol. The van der Waals surface area contributed by atoms with Crippen molar-refractivity contribution in [2.75, 3.05) is 6.54 Å². The van der Waals surface area contributed by atoms with Gasteiger partial charge in [0, 0.05) is 12.6 Å². The molecule has 0 amide bonds. The molecule has 2 heterocycles. The van der Waals surface area contributed by atoms with Gasteiger partial charge in [-0.2, -0.15) is 0 Å². The van der Waals surface area contributed by atoms with Crippen LogP contribution in [0.15, 0.2) is 34.9 Å². The van der Waals surface area contributed by atoms with Crippen LogP contribution in [0.3, 0.4) is 0 Å². The highest BCUT2D eigenvalue weighted by atomic mass is 16.5. The van der Waals surface area contributed by atoms with E-state index in [-0.39, 0.29) is 0 Å². The van der Waals surface area contributed by atoms with Gasteiger partial charge in [-0.3, -0.25) is 4.90 Å². The fourth-order valence-corrected chi connectivity index (χ4v) is 3.12. The highest BCUT2D eigenvalue weighted by Crippen LogP contribution is 2.31. The van der Waals surface area contributed by atoms with Gasteiger partial charge in [0.1, 0.15) is 17.2 Å². The molecule has 1 N–H and O–H groups in total. The lowest BCUT2D eigenvalue weighted by atomic mass is 10.1. The van der Waals surface area contributed by atoms with Gasteiger partial charge < -0.3 is 9.63 Å². The molecule has 2 aromatic rings. The highest BCUT2D eigenvalue weighted by Gasteiger charge is 2.25. The summed E-state index contributed by atoms with van der Waals surface area (Å²) >= 11 is 0. The number of benzene rings is 1. The van der Waals surface area contributed by atoms with Gasteiger partial charge in [-0.15, -0.1) is 0 Å². The number of hydrogen-bond donors (Lipinski definition) is 1. The van der Waals surface area contributed by atoms with E-state index in [1.165, 1.54) is 19.3 Å². The molecule has 0 bridgehead atoms. The molecule has 1 saturated heterocycles. The van der Waals surface area contributed by atoms with Crippen LogP contribution in [0, 0.1) is 6.92 Å². The fraction of sp³-hybridized carbons (Fsp3) is 0.471. The number of aryl methyl sites for hydroxylation is 1. The predicted octanol–water partition coefficient (Wildman–Crippen LogP) is 3.81. The topological polar surface area (TPSA) is 49.5 Å². The number of aromatic hydroxyl groups is 1. The van der Waals surface area contributed by atoms with Crippen molar-refractivity contribution in [1.82, 2.24) is 10.1 Å². The summed E-state index contributed by atoms with van der Waals surface area (Å²) in [5.74, 6) is 1.20. The maximum Gasteiger partial charge on any atom is 0.133 e. The Morgan fingerprint density at radius 3 is 2.95 bits per heavy atom. The molecule has 0 radical (unpaired) electrons. The van der Waals surface area contributed by atoms with E-state index in [0.29, 0.717) is 11.8 Å². The molecule has 1 aliphatic heterocycles. The zero-order valence-corrected chi connectivity index (χ0v) is 12.5. The van der Waals surface area contributed by atoms with Crippen molar-refractivity contribution in [3.05, 3.63) is 47.3 Å². The summed E-state index contributed by atoms with van der Waals surface area (Å²) in [6.07, 6.45) is 4.83. The van der Waals surface area contributed by atoms with Crippen LogP contribution in [0.25, 0.3) is 0 Å². The summed E-state index contributed by atoms with van der Waals surface area (Å²) < 4.78 is 5.26. The molecule has 0 spiro atoms. The van der Waals surface area contributed by atoms with Crippen LogP contribution in [0.2, 0.25) is 0 Å². The normalized spacial score (nSPS) is 20.3. The predicted molar refractivity (Wildman–Crippen MR) is 81.0 cm³/mol. The Bertz CT molecular complexity index is 594. The van der Waals surface area contributed by atoms with E-state index in [1.54, 1.807) is 6.07 Å². The van der Waals surface area contributed by atoms with Crippen LogP contribution >= 0.6 is 0 Å². The van der Waals surface area contributed by atoms with E-state index in [4.69, 9.17) is 4.52 Å². The Balaban J connectivity index is 1.81. The standard InChI is InChI=1S/C17H22N2O2/c1-13-10-16(18-21-13)17-8-3-2-4-9-19(17)12-14-6-5-7-15(20)11-14/h5-7,10-11,17,20H,2-4,8-9,12H2,1H3. The molecular formula is C17H22N2O2. The molecule has 1 aromatic heterocycles. The zero-order chi connectivity index (χ0) is 14.7. The lowest BCUT2D eigenvalue weighted by molar-refractivity contribution is 0.183. The molecule has 1 aliphatic rings. The number of hydrogen-bond acceptors (Lipinski definition) is 4. The molecule has 4 nitrogen and oxygen atoms in total. The summed E-state index contributed by atoms with van der Waals surface area (Å²) in [6, 6.07) is 9.88. The minimum Gasteiger partial charge on any atom is -0.508 e. The number of rotatable bonds is 3. The van der Waals surface area contributed by atoms with Crippen LogP contribution in [0.4, 0.5) is 0 Å². The maximum absolute atomic E-state index is 9.64. The third kappa shape index (κ3) is 3.45. The van der Waals surface area contributed by atoms with Crippen LogP contribution in [0.5, 0.6) is 5.75 Å². The quantitative estimate of drug-likeness (QED) is 0.932. The molecule has 0 saturated carbocycles. The number of aromatic nitrogens is 1. The van der Waals surface area contributed by atoms with Crippen LogP contribution in [-0.4, -0.2) is 21.7 Å².